The first kappa shape index (κ1) is 8.31. The van der Waals surface area contributed by atoms with E-state index in [2.05, 4.69) is 18.5 Å². The van der Waals surface area contributed by atoms with Crippen molar-refractivity contribution in [1.29, 1.82) is 0 Å². The molecule has 1 atom stereocenters. The van der Waals surface area contributed by atoms with Crippen molar-refractivity contribution in [3.8, 4) is 0 Å². The molecule has 0 aromatic carbocycles. The molecular formula is C6H15NS. The van der Waals surface area contributed by atoms with E-state index in [1.54, 1.807) is 0 Å². The van der Waals surface area contributed by atoms with Crippen LogP contribution in [0.1, 0.15) is 13.3 Å². The van der Waals surface area contributed by atoms with Gasteiger partial charge in [-0.25, -0.2) is 0 Å². The van der Waals surface area contributed by atoms with Crippen molar-refractivity contribution in [2.45, 2.75) is 18.6 Å². The Bertz CT molecular complexity index is 47.8. The molecule has 0 bridgehead atoms. The summed E-state index contributed by atoms with van der Waals surface area (Å²) in [5.74, 6) is 0. The molecule has 0 aliphatic heterocycles. The number of nitrogens with one attached hydrogen (secondary N) is 1. The van der Waals surface area contributed by atoms with E-state index in [9.17, 15) is 0 Å². The summed E-state index contributed by atoms with van der Waals surface area (Å²) < 4.78 is 0. The van der Waals surface area contributed by atoms with Crippen molar-refractivity contribution in [1.82, 2.24) is 5.32 Å². The van der Waals surface area contributed by atoms with Crippen LogP contribution in [0.15, 0.2) is 0 Å². The SMILES string of the molecule is CNCCC(C)SC. The Morgan fingerprint density at radius 1 is 1.62 bits per heavy atom. The van der Waals surface area contributed by atoms with Crippen molar-refractivity contribution < 1.29 is 0 Å². The van der Waals surface area contributed by atoms with E-state index in [0.29, 0.717) is 0 Å². The standard InChI is InChI=1S/C6H15NS/c1-6(8-3)4-5-7-2/h6-7H,4-5H2,1-3H3. The highest BCUT2D eigenvalue weighted by Crippen LogP contribution is 2.07. The van der Waals surface area contributed by atoms with Crippen molar-refractivity contribution in [2.24, 2.45) is 0 Å². The number of hydrogen-bond acceptors (Lipinski definition) is 2. The van der Waals surface area contributed by atoms with Gasteiger partial charge in [-0.2, -0.15) is 11.8 Å². The van der Waals surface area contributed by atoms with E-state index in [4.69, 9.17) is 0 Å². The van der Waals surface area contributed by atoms with Gasteiger partial charge in [0, 0.05) is 5.25 Å². The van der Waals surface area contributed by atoms with Gasteiger partial charge in [-0.1, -0.05) is 6.92 Å². The predicted molar refractivity (Wildman–Crippen MR) is 41.5 cm³/mol. The Morgan fingerprint density at radius 2 is 2.25 bits per heavy atom. The van der Waals surface area contributed by atoms with Crippen LogP contribution >= 0.6 is 11.8 Å². The van der Waals surface area contributed by atoms with Gasteiger partial charge in [-0.05, 0) is 26.3 Å². The predicted octanol–water partition coefficient (Wildman–Crippen LogP) is 1.35. The molecule has 0 rings (SSSR count). The topological polar surface area (TPSA) is 12.0 Å². The van der Waals surface area contributed by atoms with Crippen molar-refractivity contribution in [3.63, 3.8) is 0 Å². The molecule has 0 aliphatic rings. The zero-order valence-electron chi connectivity index (χ0n) is 5.90. The summed E-state index contributed by atoms with van der Waals surface area (Å²) in [6.07, 6.45) is 3.43. The van der Waals surface area contributed by atoms with Gasteiger partial charge in [0.1, 0.15) is 0 Å². The molecule has 0 heterocycles. The van der Waals surface area contributed by atoms with Crippen LogP contribution in [0.3, 0.4) is 0 Å². The maximum Gasteiger partial charge on any atom is 0.00280 e. The molecule has 1 N–H and O–H groups in total. The van der Waals surface area contributed by atoms with Crippen LogP contribution in [-0.2, 0) is 0 Å². The van der Waals surface area contributed by atoms with Crippen molar-refractivity contribution >= 4 is 11.8 Å². The molecule has 0 radical (unpaired) electrons. The van der Waals surface area contributed by atoms with Gasteiger partial charge < -0.3 is 5.32 Å². The molecular weight excluding hydrogens is 118 g/mol. The average Bonchev–Trinajstić information content (AvgIpc) is 1.83. The van der Waals surface area contributed by atoms with E-state index >= 15 is 0 Å². The molecule has 0 aromatic heterocycles. The Hall–Kier alpha value is 0.310. The molecule has 50 valence electrons. The lowest BCUT2D eigenvalue weighted by Crippen LogP contribution is -2.12. The molecule has 1 unspecified atom stereocenters. The second kappa shape index (κ2) is 5.45. The minimum Gasteiger partial charge on any atom is -0.320 e. The summed E-state index contributed by atoms with van der Waals surface area (Å²) in [7, 11) is 1.99. The third-order valence-electron chi connectivity index (χ3n) is 1.20. The first-order valence-electron chi connectivity index (χ1n) is 2.98. The van der Waals surface area contributed by atoms with Crippen LogP contribution < -0.4 is 5.32 Å². The van der Waals surface area contributed by atoms with Crippen molar-refractivity contribution in [3.05, 3.63) is 0 Å². The van der Waals surface area contributed by atoms with Crippen LogP contribution in [-0.4, -0.2) is 25.1 Å². The van der Waals surface area contributed by atoms with Crippen LogP contribution in [0.2, 0.25) is 0 Å². The first-order chi connectivity index (χ1) is 3.81. The minimum atomic E-state index is 0.808. The normalized spacial score (nSPS) is 13.9. The van der Waals surface area contributed by atoms with Crippen LogP contribution in [0.25, 0.3) is 0 Å². The zero-order valence-corrected chi connectivity index (χ0v) is 6.72. The van der Waals surface area contributed by atoms with Crippen LogP contribution in [0.5, 0.6) is 0 Å². The maximum atomic E-state index is 3.12. The minimum absolute atomic E-state index is 0.808. The van der Waals surface area contributed by atoms with Gasteiger partial charge in [-0.3, -0.25) is 0 Å². The Labute approximate surface area is 56.2 Å². The second-order valence-electron chi connectivity index (χ2n) is 1.94. The highest BCUT2D eigenvalue weighted by atomic mass is 32.2. The van der Waals surface area contributed by atoms with Crippen molar-refractivity contribution in [2.75, 3.05) is 19.8 Å². The molecule has 0 amide bonds. The lowest BCUT2D eigenvalue weighted by molar-refractivity contribution is 0.721. The van der Waals surface area contributed by atoms with Gasteiger partial charge >= 0.3 is 0 Å². The molecule has 1 nitrogen and oxygen atoms in total. The number of rotatable bonds is 4. The fraction of sp³-hybridized carbons (Fsp3) is 1.00. The van der Waals surface area contributed by atoms with Crippen LogP contribution in [0, 0.1) is 0 Å². The molecule has 0 saturated heterocycles. The summed E-state index contributed by atoms with van der Waals surface area (Å²) in [6.45, 7) is 3.39. The second-order valence-corrected chi connectivity index (χ2v) is 3.21. The summed E-state index contributed by atoms with van der Waals surface area (Å²) in [6, 6.07) is 0. The van der Waals surface area contributed by atoms with Crippen LogP contribution in [0.4, 0.5) is 0 Å². The Balaban J connectivity index is 2.86. The van der Waals surface area contributed by atoms with E-state index in [1.165, 1.54) is 6.42 Å². The smallest absolute Gasteiger partial charge is 0.00280 e. The van der Waals surface area contributed by atoms with E-state index < -0.39 is 0 Å². The van der Waals surface area contributed by atoms with Gasteiger partial charge in [0.25, 0.3) is 0 Å². The molecule has 0 aromatic rings. The van der Waals surface area contributed by atoms with Gasteiger partial charge in [-0.15, -0.1) is 0 Å². The largest absolute Gasteiger partial charge is 0.320 e. The van der Waals surface area contributed by atoms with E-state index in [-0.39, 0.29) is 0 Å². The molecule has 2 heteroatoms. The highest BCUT2D eigenvalue weighted by molar-refractivity contribution is 7.99. The maximum absolute atomic E-state index is 3.12. The quantitative estimate of drug-likeness (QED) is 0.621. The lowest BCUT2D eigenvalue weighted by Gasteiger charge is -2.05. The molecule has 0 aliphatic carbocycles. The summed E-state index contributed by atoms with van der Waals surface area (Å²) in [5.41, 5.74) is 0. The summed E-state index contributed by atoms with van der Waals surface area (Å²) in [4.78, 5) is 0. The average molecular weight is 133 g/mol. The molecule has 0 spiro atoms. The monoisotopic (exact) mass is 133 g/mol. The molecule has 0 saturated carbocycles. The third-order valence-corrected chi connectivity index (χ3v) is 2.24. The molecule has 8 heavy (non-hydrogen) atoms. The Morgan fingerprint density at radius 3 is 2.62 bits per heavy atom. The van der Waals surface area contributed by atoms with E-state index in [1.807, 2.05) is 18.8 Å². The summed E-state index contributed by atoms with van der Waals surface area (Å²) >= 11 is 1.92. The lowest BCUT2D eigenvalue weighted by atomic mass is 10.3. The first-order valence-corrected chi connectivity index (χ1v) is 4.27. The third kappa shape index (κ3) is 4.47. The number of thioether (sulfide) groups is 1. The number of hydrogen-bond donors (Lipinski definition) is 1. The van der Waals surface area contributed by atoms with Gasteiger partial charge in [0.2, 0.25) is 0 Å². The Kier molecular flexibility index (Phi) is 5.66. The fourth-order valence-corrected chi connectivity index (χ4v) is 0.819. The molecule has 0 fully saturated rings. The zero-order chi connectivity index (χ0) is 6.41. The van der Waals surface area contributed by atoms with Gasteiger partial charge in [0.15, 0.2) is 0 Å². The van der Waals surface area contributed by atoms with Gasteiger partial charge in [0.05, 0.1) is 0 Å². The summed E-state index contributed by atoms with van der Waals surface area (Å²) in [5, 5.41) is 3.93. The fourth-order valence-electron chi connectivity index (χ4n) is 0.465. The van der Waals surface area contributed by atoms with E-state index in [0.717, 1.165) is 11.8 Å². The highest BCUT2D eigenvalue weighted by Gasteiger charge is 1.94.